The Morgan fingerprint density at radius 2 is 1.78 bits per heavy atom. The first-order chi connectivity index (χ1) is 8.41. The van der Waals surface area contributed by atoms with Gasteiger partial charge in [-0.25, -0.2) is 4.79 Å². The highest BCUT2D eigenvalue weighted by Crippen LogP contribution is 2.07. The van der Waals surface area contributed by atoms with Crippen LogP contribution in [-0.2, 0) is 4.79 Å². The number of carboxylic acid groups (broad SMARTS) is 1. The average Bonchev–Trinajstić information content (AvgIpc) is 2.23. The van der Waals surface area contributed by atoms with Gasteiger partial charge in [0.2, 0.25) is 0 Å². The molecule has 5 nitrogen and oxygen atoms in total. The molecule has 0 rings (SSSR count). The van der Waals surface area contributed by atoms with Crippen molar-refractivity contribution in [2.75, 3.05) is 6.54 Å². The van der Waals surface area contributed by atoms with Crippen LogP contribution in [0.4, 0.5) is 4.79 Å². The first-order valence-electron chi connectivity index (χ1n) is 6.68. The van der Waals surface area contributed by atoms with Crippen molar-refractivity contribution in [3.63, 3.8) is 0 Å². The molecule has 1 unspecified atom stereocenters. The number of carboxylic acids is 1. The van der Waals surface area contributed by atoms with Crippen LogP contribution in [0.2, 0.25) is 0 Å². The van der Waals surface area contributed by atoms with E-state index >= 15 is 0 Å². The maximum atomic E-state index is 11.4. The average molecular weight is 258 g/mol. The van der Waals surface area contributed by atoms with E-state index in [0.717, 1.165) is 12.8 Å². The number of carbonyl (C=O) groups excluding carboxylic acids is 1. The van der Waals surface area contributed by atoms with Crippen molar-refractivity contribution < 1.29 is 14.7 Å². The van der Waals surface area contributed by atoms with Crippen LogP contribution in [0.5, 0.6) is 0 Å². The summed E-state index contributed by atoms with van der Waals surface area (Å²) in [5.74, 6) is -0.138. The van der Waals surface area contributed by atoms with Crippen molar-refractivity contribution in [2.24, 2.45) is 5.92 Å². The van der Waals surface area contributed by atoms with E-state index in [9.17, 15) is 9.59 Å². The summed E-state index contributed by atoms with van der Waals surface area (Å²) in [5.41, 5.74) is 0. The van der Waals surface area contributed by atoms with Crippen molar-refractivity contribution in [1.29, 1.82) is 0 Å². The van der Waals surface area contributed by atoms with E-state index in [0.29, 0.717) is 18.9 Å². The van der Waals surface area contributed by atoms with Gasteiger partial charge in [-0.2, -0.15) is 0 Å². The molecule has 0 radical (unpaired) electrons. The maximum absolute atomic E-state index is 11.4. The molecular weight excluding hydrogens is 232 g/mol. The largest absolute Gasteiger partial charge is 0.481 e. The topological polar surface area (TPSA) is 78.4 Å². The van der Waals surface area contributed by atoms with E-state index in [1.54, 1.807) is 0 Å². The zero-order valence-electron chi connectivity index (χ0n) is 11.7. The van der Waals surface area contributed by atoms with Gasteiger partial charge in [-0.05, 0) is 25.7 Å². The van der Waals surface area contributed by atoms with Gasteiger partial charge in [0.1, 0.15) is 0 Å². The van der Waals surface area contributed by atoms with Gasteiger partial charge in [0.05, 0.1) is 0 Å². The summed E-state index contributed by atoms with van der Waals surface area (Å²) >= 11 is 0. The predicted molar refractivity (Wildman–Crippen MR) is 71.6 cm³/mol. The van der Waals surface area contributed by atoms with Gasteiger partial charge in [-0.15, -0.1) is 0 Å². The molecule has 2 amide bonds. The third-order valence-corrected chi connectivity index (χ3v) is 2.65. The first kappa shape index (κ1) is 16.7. The molecule has 0 bridgehead atoms. The van der Waals surface area contributed by atoms with Crippen LogP contribution in [-0.4, -0.2) is 29.7 Å². The van der Waals surface area contributed by atoms with Gasteiger partial charge in [0.15, 0.2) is 0 Å². The summed E-state index contributed by atoms with van der Waals surface area (Å²) in [6.45, 7) is 6.76. The van der Waals surface area contributed by atoms with E-state index < -0.39 is 5.97 Å². The third-order valence-electron chi connectivity index (χ3n) is 2.65. The van der Waals surface area contributed by atoms with Crippen molar-refractivity contribution in [2.45, 2.75) is 58.9 Å². The lowest BCUT2D eigenvalue weighted by Gasteiger charge is -2.15. The van der Waals surface area contributed by atoms with E-state index in [1.807, 2.05) is 6.92 Å². The molecule has 0 spiro atoms. The van der Waals surface area contributed by atoms with Gasteiger partial charge in [0.25, 0.3) is 0 Å². The van der Waals surface area contributed by atoms with Crippen LogP contribution in [0.15, 0.2) is 0 Å². The molecule has 0 aromatic rings. The Balaban J connectivity index is 3.52. The molecule has 18 heavy (non-hydrogen) atoms. The van der Waals surface area contributed by atoms with Crippen LogP contribution in [0.25, 0.3) is 0 Å². The maximum Gasteiger partial charge on any atom is 0.314 e. The quantitative estimate of drug-likeness (QED) is 0.555. The van der Waals surface area contributed by atoms with Gasteiger partial charge in [-0.1, -0.05) is 26.7 Å². The van der Waals surface area contributed by atoms with E-state index in [4.69, 9.17) is 5.11 Å². The first-order valence-corrected chi connectivity index (χ1v) is 6.68. The summed E-state index contributed by atoms with van der Waals surface area (Å²) in [7, 11) is 0. The van der Waals surface area contributed by atoms with Gasteiger partial charge < -0.3 is 15.7 Å². The summed E-state index contributed by atoms with van der Waals surface area (Å²) in [5, 5.41) is 13.9. The third kappa shape index (κ3) is 11.2. The minimum absolute atomic E-state index is 0.0875. The number of hydrogen-bond acceptors (Lipinski definition) is 2. The Labute approximate surface area is 109 Å². The fourth-order valence-corrected chi connectivity index (χ4v) is 1.62. The molecule has 0 aromatic carbocycles. The van der Waals surface area contributed by atoms with E-state index in [1.165, 1.54) is 6.42 Å². The second-order valence-electron chi connectivity index (χ2n) is 5.12. The lowest BCUT2D eigenvalue weighted by atomic mass is 10.0. The number of nitrogens with one attached hydrogen (secondary N) is 2. The minimum atomic E-state index is -0.834. The second kappa shape index (κ2) is 9.74. The number of carbonyl (C=O) groups is 2. The Hall–Kier alpha value is -1.26. The second-order valence-corrected chi connectivity index (χ2v) is 5.12. The summed E-state index contributed by atoms with van der Waals surface area (Å²) < 4.78 is 0. The van der Waals surface area contributed by atoms with Crippen LogP contribution < -0.4 is 10.6 Å². The van der Waals surface area contributed by atoms with Crippen molar-refractivity contribution >= 4 is 12.0 Å². The predicted octanol–water partition coefficient (Wildman–Crippen LogP) is 2.37. The number of rotatable bonds is 9. The van der Waals surface area contributed by atoms with Crippen LogP contribution >= 0.6 is 0 Å². The fourth-order valence-electron chi connectivity index (χ4n) is 1.62. The molecule has 0 saturated heterocycles. The Morgan fingerprint density at radius 1 is 1.11 bits per heavy atom. The highest BCUT2D eigenvalue weighted by molar-refractivity contribution is 5.74. The summed E-state index contributed by atoms with van der Waals surface area (Å²) in [6.07, 6.45) is 3.81. The molecule has 5 heteroatoms. The monoisotopic (exact) mass is 258 g/mol. The molecule has 0 aromatic heterocycles. The normalized spacial score (nSPS) is 12.2. The lowest BCUT2D eigenvalue weighted by Crippen LogP contribution is -2.41. The lowest BCUT2D eigenvalue weighted by molar-refractivity contribution is -0.137. The molecule has 0 fully saturated rings. The number of aliphatic carboxylic acids is 1. The van der Waals surface area contributed by atoms with Crippen molar-refractivity contribution in [3.8, 4) is 0 Å². The van der Waals surface area contributed by atoms with Crippen LogP contribution in [0, 0.1) is 5.92 Å². The fraction of sp³-hybridized carbons (Fsp3) is 0.846. The molecule has 0 saturated carbocycles. The van der Waals surface area contributed by atoms with E-state index in [-0.39, 0.29) is 18.5 Å². The molecule has 0 heterocycles. The number of urea groups is 1. The van der Waals surface area contributed by atoms with Gasteiger partial charge in [-0.3, -0.25) is 4.79 Å². The highest BCUT2D eigenvalue weighted by atomic mass is 16.4. The zero-order valence-corrected chi connectivity index (χ0v) is 11.7. The Bertz CT molecular complexity index is 255. The molecule has 0 aliphatic carbocycles. The zero-order chi connectivity index (χ0) is 14.0. The summed E-state index contributed by atoms with van der Waals surface area (Å²) in [6, 6.07) is -0.0549. The Morgan fingerprint density at radius 3 is 2.33 bits per heavy atom. The molecule has 1 atom stereocenters. The van der Waals surface area contributed by atoms with Gasteiger partial charge >= 0.3 is 12.0 Å². The number of amides is 2. The van der Waals surface area contributed by atoms with Crippen LogP contribution in [0.1, 0.15) is 52.9 Å². The highest BCUT2D eigenvalue weighted by Gasteiger charge is 2.07. The number of hydrogen-bond donors (Lipinski definition) is 3. The smallest absolute Gasteiger partial charge is 0.314 e. The van der Waals surface area contributed by atoms with Crippen molar-refractivity contribution in [1.82, 2.24) is 10.6 Å². The van der Waals surface area contributed by atoms with Gasteiger partial charge in [0, 0.05) is 19.0 Å². The minimum Gasteiger partial charge on any atom is -0.481 e. The summed E-state index contributed by atoms with van der Waals surface area (Å²) in [4.78, 5) is 21.7. The molecule has 106 valence electrons. The molecule has 0 aliphatic heterocycles. The molecule has 3 N–H and O–H groups in total. The van der Waals surface area contributed by atoms with Crippen molar-refractivity contribution in [3.05, 3.63) is 0 Å². The standard InChI is InChI=1S/C13H26N2O3/c1-10(2)6-4-7-11(3)15-13(18)14-9-5-8-12(16)17/h10-11H,4-9H2,1-3H3,(H,16,17)(H2,14,15,18). The molecule has 0 aliphatic rings. The SMILES string of the molecule is CC(C)CCCC(C)NC(=O)NCCCC(=O)O. The van der Waals surface area contributed by atoms with Crippen LogP contribution in [0.3, 0.4) is 0 Å². The Kier molecular flexibility index (Phi) is 9.06. The molecular formula is C13H26N2O3. The van der Waals surface area contributed by atoms with E-state index in [2.05, 4.69) is 24.5 Å².